The number of nitrogens with zero attached hydrogens (tertiary/aromatic N) is 3. The number of nitrogen functional groups attached to an aromatic ring is 1. The minimum Gasteiger partial charge on any atom is -0.481 e. The first-order chi connectivity index (χ1) is 14.0. The van der Waals surface area contributed by atoms with E-state index in [9.17, 15) is 9.18 Å². The van der Waals surface area contributed by atoms with Gasteiger partial charge in [0, 0.05) is 34.8 Å². The molecule has 1 aliphatic heterocycles. The summed E-state index contributed by atoms with van der Waals surface area (Å²) in [6, 6.07) is 4.98. The van der Waals surface area contributed by atoms with Crippen molar-refractivity contribution in [3.63, 3.8) is 0 Å². The molecule has 0 unspecified atom stereocenters. The highest BCUT2D eigenvalue weighted by atomic mass is 19.1. The Bertz CT molecular complexity index is 1170. The SMILES string of the molecule is COc1cc(C)c(-c2c(F)ccc3c(N)c4c(nc23)CN(C2CCC2)C4=O)cn1. The van der Waals surface area contributed by atoms with Gasteiger partial charge in [-0.15, -0.1) is 0 Å². The molecule has 29 heavy (non-hydrogen) atoms. The van der Waals surface area contributed by atoms with Crippen molar-refractivity contribution in [3.05, 3.63) is 47.0 Å². The van der Waals surface area contributed by atoms with E-state index in [0.29, 0.717) is 51.4 Å². The summed E-state index contributed by atoms with van der Waals surface area (Å²) in [5.41, 5.74) is 10.1. The van der Waals surface area contributed by atoms with Gasteiger partial charge < -0.3 is 15.4 Å². The Morgan fingerprint density at radius 2 is 2.07 bits per heavy atom. The predicted molar refractivity (Wildman–Crippen MR) is 108 cm³/mol. The lowest BCUT2D eigenvalue weighted by molar-refractivity contribution is 0.0606. The fourth-order valence-electron chi connectivity index (χ4n) is 4.26. The van der Waals surface area contributed by atoms with Crippen molar-refractivity contribution in [2.24, 2.45) is 0 Å². The van der Waals surface area contributed by atoms with Crippen molar-refractivity contribution in [1.29, 1.82) is 0 Å². The van der Waals surface area contributed by atoms with Crippen molar-refractivity contribution >= 4 is 22.5 Å². The Morgan fingerprint density at radius 1 is 1.28 bits per heavy atom. The summed E-state index contributed by atoms with van der Waals surface area (Å²) in [7, 11) is 1.54. The fraction of sp³-hybridized carbons (Fsp3) is 0.318. The summed E-state index contributed by atoms with van der Waals surface area (Å²) in [6.07, 6.45) is 4.74. The van der Waals surface area contributed by atoms with Crippen LogP contribution in [0.15, 0.2) is 24.4 Å². The summed E-state index contributed by atoms with van der Waals surface area (Å²) in [6.45, 7) is 2.30. The molecule has 0 bridgehead atoms. The highest BCUT2D eigenvalue weighted by Crippen LogP contribution is 2.40. The molecule has 2 aromatic heterocycles. The summed E-state index contributed by atoms with van der Waals surface area (Å²) in [4.78, 5) is 23.8. The molecule has 1 aliphatic carbocycles. The van der Waals surface area contributed by atoms with Crippen molar-refractivity contribution in [2.75, 3.05) is 12.8 Å². The molecule has 2 aliphatic rings. The topological polar surface area (TPSA) is 81.3 Å². The van der Waals surface area contributed by atoms with Crippen LogP contribution in [0, 0.1) is 12.7 Å². The number of methoxy groups -OCH3 is 1. The van der Waals surface area contributed by atoms with E-state index in [4.69, 9.17) is 15.5 Å². The quantitative estimate of drug-likeness (QED) is 0.732. The second-order valence-electron chi connectivity index (χ2n) is 7.73. The van der Waals surface area contributed by atoms with Gasteiger partial charge in [0.25, 0.3) is 5.91 Å². The second-order valence-corrected chi connectivity index (χ2v) is 7.73. The Kier molecular flexibility index (Phi) is 3.94. The first-order valence-corrected chi connectivity index (χ1v) is 9.72. The zero-order valence-electron chi connectivity index (χ0n) is 16.3. The second kappa shape index (κ2) is 6.40. The molecule has 148 valence electrons. The van der Waals surface area contributed by atoms with Gasteiger partial charge in [0.15, 0.2) is 0 Å². The first kappa shape index (κ1) is 17.8. The molecule has 1 amide bonds. The van der Waals surface area contributed by atoms with Gasteiger partial charge >= 0.3 is 0 Å². The largest absolute Gasteiger partial charge is 0.481 e. The number of aryl methyl sites for hydroxylation is 1. The number of ether oxygens (including phenoxy) is 1. The number of aromatic nitrogens is 2. The lowest BCUT2D eigenvalue weighted by Crippen LogP contribution is -2.40. The normalized spacial score (nSPS) is 16.2. The molecule has 1 fully saturated rings. The van der Waals surface area contributed by atoms with Crippen molar-refractivity contribution in [1.82, 2.24) is 14.9 Å². The van der Waals surface area contributed by atoms with Crippen molar-refractivity contribution in [2.45, 2.75) is 38.8 Å². The number of hydrogen-bond donors (Lipinski definition) is 1. The molecule has 5 rings (SSSR count). The van der Waals surface area contributed by atoms with Crippen LogP contribution in [-0.2, 0) is 6.54 Å². The van der Waals surface area contributed by atoms with E-state index in [2.05, 4.69) is 4.98 Å². The number of benzene rings is 1. The third kappa shape index (κ3) is 2.57. The van der Waals surface area contributed by atoms with Crippen molar-refractivity contribution in [3.8, 4) is 17.0 Å². The van der Waals surface area contributed by atoms with Crippen LogP contribution in [0.25, 0.3) is 22.0 Å². The van der Waals surface area contributed by atoms with E-state index in [0.717, 1.165) is 24.8 Å². The highest BCUT2D eigenvalue weighted by molar-refractivity contribution is 6.11. The third-order valence-corrected chi connectivity index (χ3v) is 6.10. The molecule has 0 radical (unpaired) electrons. The molecule has 6 nitrogen and oxygen atoms in total. The maximum absolute atomic E-state index is 15.0. The van der Waals surface area contributed by atoms with Crippen LogP contribution in [0.4, 0.5) is 10.1 Å². The maximum atomic E-state index is 15.0. The van der Waals surface area contributed by atoms with Gasteiger partial charge in [0.05, 0.1) is 36.1 Å². The van der Waals surface area contributed by atoms with Gasteiger partial charge in [-0.2, -0.15) is 0 Å². The molecule has 1 aromatic carbocycles. The molecule has 3 aromatic rings. The van der Waals surface area contributed by atoms with Crippen LogP contribution in [0.3, 0.4) is 0 Å². The van der Waals surface area contributed by atoms with Gasteiger partial charge in [-0.1, -0.05) is 0 Å². The van der Waals surface area contributed by atoms with E-state index in [1.54, 1.807) is 18.3 Å². The number of anilines is 1. The van der Waals surface area contributed by atoms with E-state index < -0.39 is 5.82 Å². The van der Waals surface area contributed by atoms with E-state index in [1.165, 1.54) is 13.2 Å². The number of carbonyl (C=O) groups excluding carboxylic acids is 1. The number of rotatable bonds is 3. The van der Waals surface area contributed by atoms with Crippen LogP contribution in [-0.4, -0.2) is 33.9 Å². The van der Waals surface area contributed by atoms with Gasteiger partial charge in [0.1, 0.15) is 5.82 Å². The molecule has 0 atom stereocenters. The van der Waals surface area contributed by atoms with E-state index in [1.807, 2.05) is 11.8 Å². The Morgan fingerprint density at radius 3 is 2.72 bits per heavy atom. The van der Waals surface area contributed by atoms with Gasteiger partial charge in [-0.05, 0) is 43.9 Å². The number of hydrogen-bond acceptors (Lipinski definition) is 5. The van der Waals surface area contributed by atoms with Crippen LogP contribution in [0.1, 0.15) is 40.9 Å². The van der Waals surface area contributed by atoms with E-state index >= 15 is 0 Å². The zero-order valence-corrected chi connectivity index (χ0v) is 16.3. The fourth-order valence-corrected chi connectivity index (χ4v) is 4.26. The van der Waals surface area contributed by atoms with E-state index in [-0.39, 0.29) is 11.9 Å². The number of amides is 1. The molecule has 1 saturated carbocycles. The van der Waals surface area contributed by atoms with Gasteiger partial charge in [-0.25, -0.2) is 14.4 Å². The smallest absolute Gasteiger partial charge is 0.258 e. The minimum absolute atomic E-state index is 0.0650. The molecule has 7 heteroatoms. The lowest BCUT2D eigenvalue weighted by atomic mass is 9.92. The first-order valence-electron chi connectivity index (χ1n) is 9.72. The summed E-state index contributed by atoms with van der Waals surface area (Å²) in [5.74, 6) is -0.00800. The van der Waals surface area contributed by atoms with Crippen LogP contribution < -0.4 is 10.5 Å². The van der Waals surface area contributed by atoms with Crippen LogP contribution in [0.2, 0.25) is 0 Å². The molecular formula is C22H21FN4O2. The van der Waals surface area contributed by atoms with Gasteiger partial charge in [-0.3, -0.25) is 4.79 Å². The summed E-state index contributed by atoms with van der Waals surface area (Å²) >= 11 is 0. The maximum Gasteiger partial charge on any atom is 0.258 e. The highest BCUT2D eigenvalue weighted by Gasteiger charge is 2.38. The third-order valence-electron chi connectivity index (χ3n) is 6.10. The summed E-state index contributed by atoms with van der Waals surface area (Å²) < 4.78 is 20.1. The average molecular weight is 392 g/mol. The number of nitrogens with two attached hydrogens (primary N) is 1. The standard InChI is InChI=1S/C22H21FN4O2/c1-11-8-17(29-2)25-9-14(11)18-15(23)7-6-13-20(24)19-16(26-21(13)18)10-27(22(19)28)12-4-3-5-12/h6-9,12H,3-5,10H2,1-2H3,(H2,24,26). The molecule has 3 heterocycles. The molecule has 2 N–H and O–H groups in total. The monoisotopic (exact) mass is 392 g/mol. The minimum atomic E-state index is -0.403. The lowest BCUT2D eigenvalue weighted by Gasteiger charge is -2.34. The molecular weight excluding hydrogens is 371 g/mol. The number of carbonyl (C=O) groups is 1. The Labute approximate surface area is 167 Å². The average Bonchev–Trinajstić information content (AvgIpc) is 2.97. The predicted octanol–water partition coefficient (Wildman–Crippen LogP) is 3.84. The molecule has 0 spiro atoms. The van der Waals surface area contributed by atoms with Gasteiger partial charge in [0.2, 0.25) is 5.88 Å². The zero-order chi connectivity index (χ0) is 20.3. The van der Waals surface area contributed by atoms with Crippen LogP contribution in [0.5, 0.6) is 5.88 Å². The van der Waals surface area contributed by atoms with Crippen LogP contribution >= 0.6 is 0 Å². The molecule has 0 saturated heterocycles. The number of halogens is 1. The van der Waals surface area contributed by atoms with Crippen molar-refractivity contribution < 1.29 is 13.9 Å². The number of fused-ring (bicyclic) bond motifs is 2. The Hall–Kier alpha value is -3.22. The summed E-state index contributed by atoms with van der Waals surface area (Å²) in [5, 5.41) is 0.583. The number of pyridine rings is 2. The Balaban J connectivity index is 1.72.